The van der Waals surface area contributed by atoms with Gasteiger partial charge in [-0.2, -0.15) is 0 Å². The number of hydrogen-bond acceptors (Lipinski definition) is 4. The van der Waals surface area contributed by atoms with Crippen LogP contribution < -0.4 is 11.1 Å². The molecule has 2 fully saturated rings. The maximum Gasteiger partial charge on any atom is 0.135 e. The maximum absolute atomic E-state index is 6.00. The molecule has 4 heteroatoms. The van der Waals surface area contributed by atoms with Crippen LogP contribution in [0.25, 0.3) is 0 Å². The molecule has 3 N–H and O–H groups in total. The monoisotopic (exact) mass is 260 g/mol. The maximum atomic E-state index is 6.00. The molecule has 1 heterocycles. The van der Waals surface area contributed by atoms with Crippen LogP contribution in [0.1, 0.15) is 56.8 Å². The predicted molar refractivity (Wildman–Crippen MR) is 78.2 cm³/mol. The Labute approximate surface area is 115 Å². The van der Waals surface area contributed by atoms with Crippen molar-refractivity contribution in [3.05, 3.63) is 11.4 Å². The van der Waals surface area contributed by atoms with E-state index in [-0.39, 0.29) is 0 Å². The van der Waals surface area contributed by atoms with Crippen LogP contribution >= 0.6 is 0 Å². The second kappa shape index (κ2) is 4.36. The highest BCUT2D eigenvalue weighted by Crippen LogP contribution is 2.61. The van der Waals surface area contributed by atoms with Crippen LogP contribution in [0.4, 0.5) is 11.6 Å². The van der Waals surface area contributed by atoms with E-state index in [1.807, 2.05) is 6.92 Å². The third-order valence-corrected chi connectivity index (χ3v) is 4.66. The first-order valence-electron chi connectivity index (χ1n) is 7.40. The minimum atomic E-state index is 0.307. The van der Waals surface area contributed by atoms with Gasteiger partial charge in [0.1, 0.15) is 17.5 Å². The van der Waals surface area contributed by atoms with E-state index < -0.39 is 0 Å². The second-order valence-electron chi connectivity index (χ2n) is 6.59. The summed E-state index contributed by atoms with van der Waals surface area (Å²) >= 11 is 0. The first-order valence-corrected chi connectivity index (χ1v) is 7.40. The molecule has 19 heavy (non-hydrogen) atoms. The van der Waals surface area contributed by atoms with Gasteiger partial charge in [0.2, 0.25) is 0 Å². The summed E-state index contributed by atoms with van der Waals surface area (Å²) in [5.41, 5.74) is 7.55. The van der Waals surface area contributed by atoms with Crippen LogP contribution in [-0.2, 0) is 0 Å². The molecule has 0 saturated heterocycles. The van der Waals surface area contributed by atoms with Gasteiger partial charge in [0, 0.05) is 18.0 Å². The first-order chi connectivity index (χ1) is 9.02. The normalized spacial score (nSPS) is 20.6. The molecule has 2 aliphatic carbocycles. The van der Waals surface area contributed by atoms with Crippen molar-refractivity contribution in [1.29, 1.82) is 0 Å². The highest BCUT2D eigenvalue weighted by molar-refractivity contribution is 5.55. The van der Waals surface area contributed by atoms with E-state index in [0.29, 0.717) is 17.2 Å². The van der Waals surface area contributed by atoms with Crippen molar-refractivity contribution < 1.29 is 0 Å². The minimum absolute atomic E-state index is 0.307. The summed E-state index contributed by atoms with van der Waals surface area (Å²) < 4.78 is 0. The molecule has 4 nitrogen and oxygen atoms in total. The molecule has 0 bridgehead atoms. The van der Waals surface area contributed by atoms with Gasteiger partial charge in [-0.1, -0.05) is 13.8 Å². The average molecular weight is 260 g/mol. The van der Waals surface area contributed by atoms with Crippen molar-refractivity contribution in [1.82, 2.24) is 9.97 Å². The summed E-state index contributed by atoms with van der Waals surface area (Å²) in [6, 6.07) is 0. The Morgan fingerprint density at radius 3 is 2.53 bits per heavy atom. The molecule has 0 amide bonds. The number of aromatic nitrogens is 2. The Kier molecular flexibility index (Phi) is 2.91. The number of hydrogen-bond donors (Lipinski definition) is 2. The smallest absolute Gasteiger partial charge is 0.135 e. The van der Waals surface area contributed by atoms with Crippen LogP contribution in [0.3, 0.4) is 0 Å². The number of nitrogens with one attached hydrogen (secondary N) is 1. The largest absolute Gasteiger partial charge is 0.383 e. The molecule has 104 valence electrons. The molecule has 0 atom stereocenters. The summed E-state index contributed by atoms with van der Waals surface area (Å²) in [6.45, 7) is 7.24. The van der Waals surface area contributed by atoms with Gasteiger partial charge < -0.3 is 11.1 Å². The molecule has 0 radical (unpaired) electrons. The lowest BCUT2D eigenvalue weighted by molar-refractivity contribution is 0.466. The molecule has 2 aliphatic rings. The third-order valence-electron chi connectivity index (χ3n) is 4.66. The Bertz CT molecular complexity index is 487. The van der Waals surface area contributed by atoms with E-state index in [9.17, 15) is 0 Å². The number of nitrogen functional groups attached to an aromatic ring is 1. The third kappa shape index (κ3) is 2.40. The molecule has 2 saturated carbocycles. The average Bonchev–Trinajstić information content (AvgIpc) is 3.24. The van der Waals surface area contributed by atoms with Gasteiger partial charge >= 0.3 is 0 Å². The standard InChI is InChI=1S/C15H24N4/c1-9(2)13-18-12(16)10(3)14(19-13)17-8-15(6-7-15)11-4-5-11/h9,11H,4-8H2,1-3H3,(H3,16,17,18,19). The minimum Gasteiger partial charge on any atom is -0.383 e. The fourth-order valence-electron chi connectivity index (χ4n) is 2.83. The fraction of sp³-hybridized carbons (Fsp3) is 0.733. The molecule has 0 aromatic carbocycles. The van der Waals surface area contributed by atoms with Gasteiger partial charge in [-0.25, -0.2) is 9.97 Å². The van der Waals surface area contributed by atoms with Gasteiger partial charge in [0.05, 0.1) is 0 Å². The Morgan fingerprint density at radius 1 is 1.32 bits per heavy atom. The molecule has 0 spiro atoms. The zero-order chi connectivity index (χ0) is 13.6. The summed E-state index contributed by atoms with van der Waals surface area (Å²) in [5.74, 6) is 3.65. The second-order valence-corrected chi connectivity index (χ2v) is 6.59. The van der Waals surface area contributed by atoms with E-state index in [2.05, 4.69) is 29.1 Å². The molecule has 0 unspecified atom stereocenters. The summed E-state index contributed by atoms with van der Waals surface area (Å²) in [6.07, 6.45) is 5.59. The molecule has 1 aromatic heterocycles. The lowest BCUT2D eigenvalue weighted by Gasteiger charge is -2.18. The zero-order valence-electron chi connectivity index (χ0n) is 12.2. The zero-order valence-corrected chi connectivity index (χ0v) is 12.2. The van der Waals surface area contributed by atoms with Gasteiger partial charge in [0.25, 0.3) is 0 Å². The van der Waals surface area contributed by atoms with Gasteiger partial charge in [-0.3, -0.25) is 0 Å². The number of nitrogens with two attached hydrogens (primary N) is 1. The molecule has 1 aromatic rings. The van der Waals surface area contributed by atoms with Crippen LogP contribution in [0.2, 0.25) is 0 Å². The van der Waals surface area contributed by atoms with E-state index in [1.165, 1.54) is 25.7 Å². The highest BCUT2D eigenvalue weighted by Gasteiger charge is 2.53. The lowest BCUT2D eigenvalue weighted by Crippen LogP contribution is -2.19. The Balaban J connectivity index is 1.76. The van der Waals surface area contributed by atoms with E-state index in [0.717, 1.165) is 29.7 Å². The van der Waals surface area contributed by atoms with Gasteiger partial charge in [-0.05, 0) is 43.9 Å². The van der Waals surface area contributed by atoms with Crippen molar-refractivity contribution >= 4 is 11.6 Å². The summed E-state index contributed by atoms with van der Waals surface area (Å²) in [7, 11) is 0. The molecular weight excluding hydrogens is 236 g/mol. The quantitative estimate of drug-likeness (QED) is 0.854. The van der Waals surface area contributed by atoms with Crippen LogP contribution in [0, 0.1) is 18.3 Å². The predicted octanol–water partition coefficient (Wildman–Crippen LogP) is 3.09. The van der Waals surface area contributed by atoms with Crippen LogP contribution in [-0.4, -0.2) is 16.5 Å². The molecule has 0 aliphatic heterocycles. The Hall–Kier alpha value is -1.32. The van der Waals surface area contributed by atoms with Crippen LogP contribution in [0.5, 0.6) is 0 Å². The van der Waals surface area contributed by atoms with Crippen molar-refractivity contribution in [2.45, 2.75) is 52.4 Å². The van der Waals surface area contributed by atoms with Crippen molar-refractivity contribution in [2.75, 3.05) is 17.6 Å². The molecular formula is C15H24N4. The highest BCUT2D eigenvalue weighted by atomic mass is 15.1. The van der Waals surface area contributed by atoms with Crippen molar-refractivity contribution in [3.63, 3.8) is 0 Å². The SMILES string of the molecule is Cc1c(N)nc(C(C)C)nc1NCC1(C2CC2)CC1. The number of rotatable bonds is 5. The summed E-state index contributed by atoms with van der Waals surface area (Å²) in [5, 5.41) is 3.54. The molecule has 3 rings (SSSR count). The topological polar surface area (TPSA) is 63.8 Å². The van der Waals surface area contributed by atoms with E-state index >= 15 is 0 Å². The fourth-order valence-corrected chi connectivity index (χ4v) is 2.83. The number of nitrogens with zero attached hydrogens (tertiary/aromatic N) is 2. The number of anilines is 2. The Morgan fingerprint density at radius 2 is 2.00 bits per heavy atom. The first kappa shape index (κ1) is 12.7. The van der Waals surface area contributed by atoms with Crippen molar-refractivity contribution in [3.8, 4) is 0 Å². The lowest BCUT2D eigenvalue weighted by atomic mass is 10.0. The van der Waals surface area contributed by atoms with E-state index in [4.69, 9.17) is 5.73 Å². The van der Waals surface area contributed by atoms with Gasteiger partial charge in [0.15, 0.2) is 0 Å². The van der Waals surface area contributed by atoms with E-state index in [1.54, 1.807) is 0 Å². The van der Waals surface area contributed by atoms with Crippen molar-refractivity contribution in [2.24, 2.45) is 11.3 Å². The van der Waals surface area contributed by atoms with Crippen LogP contribution in [0.15, 0.2) is 0 Å². The summed E-state index contributed by atoms with van der Waals surface area (Å²) in [4.78, 5) is 9.01. The van der Waals surface area contributed by atoms with Gasteiger partial charge in [-0.15, -0.1) is 0 Å².